The summed E-state index contributed by atoms with van der Waals surface area (Å²) in [6.45, 7) is 4.64. The summed E-state index contributed by atoms with van der Waals surface area (Å²) in [5.74, 6) is 1.04. The van der Waals surface area contributed by atoms with Gasteiger partial charge in [0.25, 0.3) is 5.91 Å². The first-order chi connectivity index (χ1) is 14.0. The molecule has 1 heterocycles. The molecule has 4 rings (SSSR count). The van der Waals surface area contributed by atoms with E-state index in [0.29, 0.717) is 24.5 Å². The van der Waals surface area contributed by atoms with Gasteiger partial charge in [-0.25, -0.2) is 4.39 Å². The van der Waals surface area contributed by atoms with Crippen molar-refractivity contribution >= 4 is 5.91 Å². The minimum Gasteiger partial charge on any atom is -0.489 e. The van der Waals surface area contributed by atoms with Gasteiger partial charge in [0, 0.05) is 17.5 Å². The average molecular weight is 394 g/mol. The van der Waals surface area contributed by atoms with E-state index in [4.69, 9.17) is 9.26 Å². The maximum Gasteiger partial charge on any atom is 0.251 e. The number of rotatable bonds is 7. The molecule has 1 aliphatic carbocycles. The molecule has 6 heteroatoms. The van der Waals surface area contributed by atoms with Crippen LogP contribution in [0.3, 0.4) is 0 Å². The molecule has 1 aliphatic rings. The number of carbonyl (C=O) groups excluding carboxylic acids is 1. The number of hydrogen-bond donors (Lipinski definition) is 1. The Balaban J connectivity index is 1.33. The lowest BCUT2D eigenvalue weighted by molar-refractivity contribution is 0.0949. The van der Waals surface area contributed by atoms with Crippen LogP contribution in [0.15, 0.2) is 53.1 Å². The quantitative estimate of drug-likeness (QED) is 0.642. The van der Waals surface area contributed by atoms with Crippen molar-refractivity contribution in [2.45, 2.75) is 38.7 Å². The van der Waals surface area contributed by atoms with Gasteiger partial charge in [-0.1, -0.05) is 17.3 Å². The van der Waals surface area contributed by atoms with Crippen LogP contribution in [0.2, 0.25) is 0 Å². The highest BCUT2D eigenvalue weighted by Gasteiger charge is 2.44. The fourth-order valence-electron chi connectivity index (χ4n) is 3.44. The largest absolute Gasteiger partial charge is 0.489 e. The molecule has 0 aliphatic heterocycles. The fraction of sp³-hybridized carbons (Fsp3) is 0.304. The molecule has 1 saturated carbocycles. The lowest BCUT2D eigenvalue weighted by atomic mass is 9.96. The fourth-order valence-corrected chi connectivity index (χ4v) is 3.44. The van der Waals surface area contributed by atoms with E-state index in [1.54, 1.807) is 36.4 Å². The van der Waals surface area contributed by atoms with Crippen LogP contribution in [0, 0.1) is 19.7 Å². The van der Waals surface area contributed by atoms with E-state index >= 15 is 0 Å². The first-order valence-electron chi connectivity index (χ1n) is 9.66. The number of aromatic nitrogens is 1. The normalized spacial score (nSPS) is 14.4. The minimum absolute atomic E-state index is 0.0687. The second-order valence-corrected chi connectivity index (χ2v) is 7.59. The van der Waals surface area contributed by atoms with Gasteiger partial charge in [0.1, 0.15) is 23.9 Å². The third-order valence-corrected chi connectivity index (χ3v) is 5.58. The molecular formula is C23H23FN2O3. The zero-order valence-electron chi connectivity index (χ0n) is 16.5. The van der Waals surface area contributed by atoms with Crippen LogP contribution in [0.1, 0.15) is 45.8 Å². The molecule has 29 heavy (non-hydrogen) atoms. The molecule has 0 atom stereocenters. The van der Waals surface area contributed by atoms with Gasteiger partial charge in [0.05, 0.1) is 11.3 Å². The molecule has 5 nitrogen and oxygen atoms in total. The van der Waals surface area contributed by atoms with Gasteiger partial charge in [-0.05, 0) is 68.7 Å². The number of aryl methyl sites for hydroxylation is 2. The molecule has 2 aromatic carbocycles. The summed E-state index contributed by atoms with van der Waals surface area (Å²) in [6, 6.07) is 13.6. The van der Waals surface area contributed by atoms with Gasteiger partial charge in [-0.3, -0.25) is 4.79 Å². The minimum atomic E-state index is -0.245. The van der Waals surface area contributed by atoms with Gasteiger partial charge in [-0.15, -0.1) is 0 Å². The first-order valence-corrected chi connectivity index (χ1v) is 9.66. The van der Waals surface area contributed by atoms with Crippen molar-refractivity contribution in [1.29, 1.82) is 0 Å². The van der Waals surface area contributed by atoms with Crippen LogP contribution < -0.4 is 10.1 Å². The summed E-state index contributed by atoms with van der Waals surface area (Å²) in [4.78, 5) is 12.5. The van der Waals surface area contributed by atoms with E-state index in [1.165, 1.54) is 12.1 Å². The molecular weight excluding hydrogens is 371 g/mol. The van der Waals surface area contributed by atoms with Crippen molar-refractivity contribution in [3.8, 4) is 5.75 Å². The average Bonchev–Trinajstić information content (AvgIpc) is 3.46. The predicted molar refractivity (Wildman–Crippen MR) is 106 cm³/mol. The summed E-state index contributed by atoms with van der Waals surface area (Å²) in [5.41, 5.74) is 3.32. The monoisotopic (exact) mass is 394 g/mol. The van der Waals surface area contributed by atoms with Gasteiger partial charge in [0.2, 0.25) is 0 Å². The number of nitrogens with one attached hydrogen (secondary N) is 1. The second-order valence-electron chi connectivity index (χ2n) is 7.59. The Morgan fingerprint density at radius 3 is 2.41 bits per heavy atom. The van der Waals surface area contributed by atoms with Crippen molar-refractivity contribution in [2.24, 2.45) is 0 Å². The maximum absolute atomic E-state index is 13.1. The molecule has 1 N–H and O–H groups in total. The number of nitrogens with zero attached hydrogens (tertiary/aromatic N) is 1. The van der Waals surface area contributed by atoms with Crippen molar-refractivity contribution in [3.63, 3.8) is 0 Å². The van der Waals surface area contributed by atoms with Crippen molar-refractivity contribution in [2.75, 3.05) is 6.54 Å². The molecule has 150 valence electrons. The number of ether oxygens (including phenoxy) is 1. The number of carbonyl (C=O) groups is 1. The SMILES string of the molecule is Cc1noc(C)c1COc1ccc(C(=O)NCC2(c3ccc(F)cc3)CC2)cc1. The van der Waals surface area contributed by atoms with Crippen LogP contribution in [-0.2, 0) is 12.0 Å². The third kappa shape index (κ3) is 4.16. The summed E-state index contributed by atoms with van der Waals surface area (Å²) >= 11 is 0. The second kappa shape index (κ2) is 7.70. The molecule has 0 radical (unpaired) electrons. The van der Waals surface area contributed by atoms with Crippen LogP contribution in [-0.4, -0.2) is 17.6 Å². The van der Waals surface area contributed by atoms with Crippen molar-refractivity contribution in [3.05, 3.63) is 82.5 Å². The Morgan fingerprint density at radius 2 is 1.83 bits per heavy atom. The lowest BCUT2D eigenvalue weighted by Crippen LogP contribution is -2.32. The van der Waals surface area contributed by atoms with E-state index in [0.717, 1.165) is 35.4 Å². The molecule has 1 aromatic heterocycles. The van der Waals surface area contributed by atoms with Crippen LogP contribution >= 0.6 is 0 Å². The number of benzene rings is 2. The topological polar surface area (TPSA) is 64.4 Å². The number of halogens is 1. The Morgan fingerprint density at radius 1 is 1.14 bits per heavy atom. The Kier molecular flexibility index (Phi) is 5.09. The third-order valence-electron chi connectivity index (χ3n) is 5.58. The number of amides is 1. The van der Waals surface area contributed by atoms with E-state index in [9.17, 15) is 9.18 Å². The van der Waals surface area contributed by atoms with E-state index in [2.05, 4.69) is 10.5 Å². The highest BCUT2D eigenvalue weighted by atomic mass is 19.1. The Labute approximate surface area is 168 Å². The van der Waals surface area contributed by atoms with Gasteiger partial charge >= 0.3 is 0 Å². The summed E-state index contributed by atoms with van der Waals surface area (Å²) < 4.78 is 24.1. The van der Waals surface area contributed by atoms with Gasteiger partial charge in [-0.2, -0.15) is 0 Å². The summed E-state index contributed by atoms with van der Waals surface area (Å²) in [6.07, 6.45) is 1.99. The van der Waals surface area contributed by atoms with Gasteiger partial charge < -0.3 is 14.6 Å². The maximum atomic E-state index is 13.1. The van der Waals surface area contributed by atoms with E-state index in [-0.39, 0.29) is 17.1 Å². The molecule has 0 spiro atoms. The highest BCUT2D eigenvalue weighted by Crippen LogP contribution is 2.47. The lowest BCUT2D eigenvalue weighted by Gasteiger charge is -2.17. The molecule has 0 bridgehead atoms. The highest BCUT2D eigenvalue weighted by molar-refractivity contribution is 5.94. The predicted octanol–water partition coefficient (Wildman–Crippen LogP) is 4.47. The Hall–Kier alpha value is -3.15. The van der Waals surface area contributed by atoms with Crippen molar-refractivity contribution < 1.29 is 18.4 Å². The van der Waals surface area contributed by atoms with Crippen LogP contribution in [0.25, 0.3) is 0 Å². The number of hydrogen-bond acceptors (Lipinski definition) is 4. The summed E-state index contributed by atoms with van der Waals surface area (Å²) in [7, 11) is 0. The first kappa shape index (κ1) is 19.2. The van der Waals surface area contributed by atoms with Gasteiger partial charge in [0.15, 0.2) is 0 Å². The van der Waals surface area contributed by atoms with E-state index in [1.807, 2.05) is 13.8 Å². The van der Waals surface area contributed by atoms with Crippen LogP contribution in [0.4, 0.5) is 4.39 Å². The molecule has 3 aromatic rings. The molecule has 0 unspecified atom stereocenters. The zero-order chi connectivity index (χ0) is 20.4. The summed E-state index contributed by atoms with van der Waals surface area (Å²) in [5, 5.41) is 6.92. The molecule has 1 amide bonds. The van der Waals surface area contributed by atoms with Crippen molar-refractivity contribution in [1.82, 2.24) is 10.5 Å². The Bertz CT molecular complexity index is 986. The molecule has 0 saturated heterocycles. The molecule has 1 fully saturated rings. The van der Waals surface area contributed by atoms with E-state index < -0.39 is 0 Å². The smallest absolute Gasteiger partial charge is 0.251 e. The van der Waals surface area contributed by atoms with Crippen LogP contribution in [0.5, 0.6) is 5.75 Å². The standard InChI is InChI=1S/C23H23FN2O3/c1-15-21(16(2)29-26-15)13-28-20-9-3-17(4-10-20)22(27)25-14-23(11-12-23)18-5-7-19(24)8-6-18/h3-10H,11-14H2,1-2H3,(H,25,27). The zero-order valence-corrected chi connectivity index (χ0v) is 16.5.